The van der Waals surface area contributed by atoms with Crippen LogP contribution in [0.15, 0.2) is 41.4 Å². The number of aliphatic hydroxyl groups excluding tert-OH is 1. The van der Waals surface area contributed by atoms with Crippen molar-refractivity contribution in [2.75, 3.05) is 12.9 Å². The van der Waals surface area contributed by atoms with Crippen molar-refractivity contribution in [1.82, 2.24) is 10.3 Å². The largest absolute Gasteiger partial charge is 0.438 e. The Morgan fingerprint density at radius 3 is 2.96 bits per heavy atom. The fraction of sp³-hybridized carbons (Fsp3) is 0.400. The number of hydrogen-bond acceptors (Lipinski definition) is 5. The van der Waals surface area contributed by atoms with Crippen molar-refractivity contribution in [2.45, 2.75) is 36.6 Å². The molecule has 1 aliphatic carbocycles. The van der Waals surface area contributed by atoms with Gasteiger partial charge in [0.15, 0.2) is 0 Å². The van der Waals surface area contributed by atoms with Crippen LogP contribution in [-0.2, 0) is 0 Å². The van der Waals surface area contributed by atoms with Crippen molar-refractivity contribution in [2.24, 2.45) is 5.92 Å². The summed E-state index contributed by atoms with van der Waals surface area (Å²) in [5, 5.41) is 12.5. The van der Waals surface area contributed by atoms with Gasteiger partial charge in [0, 0.05) is 23.5 Å². The molecule has 1 aliphatic rings. The topological polar surface area (TPSA) is 71.5 Å². The van der Waals surface area contributed by atoms with Gasteiger partial charge < -0.3 is 15.2 Å². The van der Waals surface area contributed by atoms with Crippen LogP contribution in [0, 0.1) is 11.7 Å². The minimum Gasteiger partial charge on any atom is -0.438 e. The van der Waals surface area contributed by atoms with Crippen molar-refractivity contribution in [3.8, 4) is 11.6 Å². The third kappa shape index (κ3) is 4.99. The highest BCUT2D eigenvalue weighted by Crippen LogP contribution is 2.28. The van der Waals surface area contributed by atoms with Crippen LogP contribution in [-0.4, -0.2) is 34.9 Å². The number of benzene rings is 1. The number of ether oxygens (including phenoxy) is 1. The van der Waals surface area contributed by atoms with Crippen LogP contribution in [0.5, 0.6) is 11.6 Å². The van der Waals surface area contributed by atoms with Crippen molar-refractivity contribution < 1.29 is 19.0 Å². The number of carbonyl (C=O) groups is 1. The lowest BCUT2D eigenvalue weighted by Crippen LogP contribution is -2.43. The summed E-state index contributed by atoms with van der Waals surface area (Å²) in [7, 11) is 0. The quantitative estimate of drug-likeness (QED) is 0.729. The van der Waals surface area contributed by atoms with Gasteiger partial charge in [0.05, 0.1) is 6.20 Å². The van der Waals surface area contributed by atoms with E-state index >= 15 is 0 Å². The number of carbonyl (C=O) groups excluding carboxylic acids is 1. The van der Waals surface area contributed by atoms with Gasteiger partial charge in [0.25, 0.3) is 5.91 Å². The molecule has 2 atom stereocenters. The zero-order chi connectivity index (χ0) is 19.2. The molecule has 1 saturated carbocycles. The second kappa shape index (κ2) is 9.19. The highest BCUT2D eigenvalue weighted by Gasteiger charge is 2.27. The second-order valence-electron chi connectivity index (χ2n) is 6.59. The number of amides is 1. The summed E-state index contributed by atoms with van der Waals surface area (Å²) in [5.41, 5.74) is 0.0480. The summed E-state index contributed by atoms with van der Waals surface area (Å²) < 4.78 is 19.5. The van der Waals surface area contributed by atoms with Crippen LogP contribution < -0.4 is 10.1 Å². The van der Waals surface area contributed by atoms with E-state index in [1.807, 2.05) is 24.5 Å². The van der Waals surface area contributed by atoms with Crippen molar-refractivity contribution >= 4 is 17.7 Å². The molecule has 2 N–H and O–H groups in total. The van der Waals surface area contributed by atoms with Gasteiger partial charge in [-0.2, -0.15) is 0 Å². The Kier molecular flexibility index (Phi) is 6.68. The zero-order valence-electron chi connectivity index (χ0n) is 15.2. The van der Waals surface area contributed by atoms with E-state index in [0.717, 1.165) is 42.8 Å². The average Bonchev–Trinajstić information content (AvgIpc) is 2.70. The number of aliphatic hydroxyl groups is 1. The Morgan fingerprint density at radius 1 is 1.37 bits per heavy atom. The molecule has 3 rings (SSSR count). The van der Waals surface area contributed by atoms with E-state index in [1.54, 1.807) is 17.8 Å². The molecule has 2 unspecified atom stereocenters. The summed E-state index contributed by atoms with van der Waals surface area (Å²) in [6.07, 6.45) is 6.68. The van der Waals surface area contributed by atoms with Crippen LogP contribution >= 0.6 is 11.8 Å². The molecule has 1 amide bonds. The molecular formula is C20H23FN2O3S. The predicted molar refractivity (Wildman–Crippen MR) is 103 cm³/mol. The van der Waals surface area contributed by atoms with Gasteiger partial charge in [0.2, 0.25) is 5.88 Å². The van der Waals surface area contributed by atoms with Gasteiger partial charge in [0.1, 0.15) is 17.1 Å². The monoisotopic (exact) mass is 390 g/mol. The number of aromatic nitrogens is 1. The maximum absolute atomic E-state index is 13.7. The molecule has 0 spiro atoms. The third-order valence-electron chi connectivity index (χ3n) is 4.78. The molecular weight excluding hydrogens is 367 g/mol. The minimum absolute atomic E-state index is 0.0202. The molecule has 5 nitrogen and oxygen atoms in total. The summed E-state index contributed by atoms with van der Waals surface area (Å²) >= 11 is 1.57. The van der Waals surface area contributed by atoms with Gasteiger partial charge in [-0.1, -0.05) is 18.9 Å². The fourth-order valence-electron chi connectivity index (χ4n) is 3.31. The van der Waals surface area contributed by atoms with Crippen LogP contribution in [0.1, 0.15) is 36.0 Å². The van der Waals surface area contributed by atoms with E-state index in [-0.39, 0.29) is 30.0 Å². The molecule has 0 bridgehead atoms. The SMILES string of the molecule is CSc1cccc(Oc2ncc(F)cc2C(=O)NC2CCCCC2CO)c1. The molecule has 1 fully saturated rings. The van der Waals surface area contributed by atoms with E-state index in [1.165, 1.54) is 0 Å². The predicted octanol–water partition coefficient (Wildman–Crippen LogP) is 4.02. The Hall–Kier alpha value is -2.12. The number of nitrogens with one attached hydrogen (secondary N) is 1. The number of rotatable bonds is 6. The van der Waals surface area contributed by atoms with Gasteiger partial charge in [-0.25, -0.2) is 9.37 Å². The molecule has 0 saturated heterocycles. The Labute approximate surface area is 162 Å². The summed E-state index contributed by atoms with van der Waals surface area (Å²) in [6.45, 7) is 0.0250. The van der Waals surface area contributed by atoms with Crippen molar-refractivity contribution in [3.05, 3.63) is 47.9 Å². The standard InChI is InChI=1S/C20H23FN2O3S/c1-27-16-7-4-6-15(10-16)26-20-17(9-14(21)11-22-20)19(25)23-18-8-3-2-5-13(18)12-24/h4,6-7,9-11,13,18,24H,2-3,5,8,12H2,1H3,(H,23,25). The molecule has 1 aromatic carbocycles. The third-order valence-corrected chi connectivity index (χ3v) is 5.50. The average molecular weight is 390 g/mol. The Balaban J connectivity index is 1.81. The second-order valence-corrected chi connectivity index (χ2v) is 7.47. The number of halogens is 1. The number of thioether (sulfide) groups is 1. The first kappa shape index (κ1) is 19.6. The molecule has 7 heteroatoms. The van der Waals surface area contributed by atoms with Gasteiger partial charge in [-0.05, 0) is 43.4 Å². The van der Waals surface area contributed by atoms with Crippen LogP contribution in [0.4, 0.5) is 4.39 Å². The van der Waals surface area contributed by atoms with Crippen molar-refractivity contribution in [1.29, 1.82) is 0 Å². The normalized spacial score (nSPS) is 19.5. The molecule has 27 heavy (non-hydrogen) atoms. The zero-order valence-corrected chi connectivity index (χ0v) is 16.0. The van der Waals surface area contributed by atoms with Gasteiger partial charge >= 0.3 is 0 Å². The lowest BCUT2D eigenvalue weighted by molar-refractivity contribution is 0.0869. The van der Waals surface area contributed by atoms with Crippen LogP contribution in [0.2, 0.25) is 0 Å². The first-order valence-corrected chi connectivity index (χ1v) is 10.2. The van der Waals surface area contributed by atoms with E-state index in [4.69, 9.17) is 4.74 Å². The van der Waals surface area contributed by atoms with Crippen LogP contribution in [0.25, 0.3) is 0 Å². The summed E-state index contributed by atoms with van der Waals surface area (Å²) in [4.78, 5) is 17.8. The maximum Gasteiger partial charge on any atom is 0.257 e. The molecule has 0 radical (unpaired) electrons. The highest BCUT2D eigenvalue weighted by molar-refractivity contribution is 7.98. The highest BCUT2D eigenvalue weighted by atomic mass is 32.2. The lowest BCUT2D eigenvalue weighted by Gasteiger charge is -2.30. The molecule has 1 heterocycles. The first-order valence-electron chi connectivity index (χ1n) is 9.00. The first-order chi connectivity index (χ1) is 13.1. The Morgan fingerprint density at radius 2 is 2.19 bits per heavy atom. The van der Waals surface area contributed by atoms with Gasteiger partial charge in [-0.3, -0.25) is 4.79 Å². The maximum atomic E-state index is 13.7. The van der Waals surface area contributed by atoms with Crippen molar-refractivity contribution in [3.63, 3.8) is 0 Å². The van der Waals surface area contributed by atoms with E-state index in [0.29, 0.717) is 5.75 Å². The lowest BCUT2D eigenvalue weighted by atomic mass is 9.85. The van der Waals surface area contributed by atoms with E-state index in [9.17, 15) is 14.3 Å². The number of nitrogens with zero attached hydrogens (tertiary/aromatic N) is 1. The van der Waals surface area contributed by atoms with Gasteiger partial charge in [-0.15, -0.1) is 11.8 Å². The smallest absolute Gasteiger partial charge is 0.257 e. The molecule has 2 aromatic rings. The minimum atomic E-state index is -0.604. The summed E-state index contributed by atoms with van der Waals surface area (Å²) in [6, 6.07) is 8.38. The van der Waals surface area contributed by atoms with E-state index in [2.05, 4.69) is 10.3 Å². The number of hydrogen-bond donors (Lipinski definition) is 2. The van der Waals surface area contributed by atoms with Crippen LogP contribution in [0.3, 0.4) is 0 Å². The number of pyridine rings is 1. The Bertz CT molecular complexity index is 803. The van der Waals surface area contributed by atoms with E-state index < -0.39 is 11.7 Å². The fourth-order valence-corrected chi connectivity index (χ4v) is 3.76. The molecule has 144 valence electrons. The molecule has 1 aromatic heterocycles. The molecule has 0 aliphatic heterocycles. The summed E-state index contributed by atoms with van der Waals surface area (Å²) in [5.74, 6) is -0.438.